The fraction of sp³-hybridized carbons (Fsp3) is 0.571. The van der Waals surface area contributed by atoms with Crippen molar-refractivity contribution in [3.8, 4) is 11.5 Å². The standard InChI is InChI=1S/C14H22BrNO3/c1-5-11(9-17-2)16-8-10-6-13(18-3)14(19-4)7-12(10)15/h6-7,11,16H,5,8-9H2,1-4H3. The van der Waals surface area contributed by atoms with Gasteiger partial charge < -0.3 is 19.5 Å². The van der Waals surface area contributed by atoms with Gasteiger partial charge in [-0.15, -0.1) is 0 Å². The zero-order valence-electron chi connectivity index (χ0n) is 12.0. The van der Waals surface area contributed by atoms with Gasteiger partial charge in [0, 0.05) is 24.2 Å². The Morgan fingerprint density at radius 2 is 1.79 bits per heavy atom. The average molecular weight is 332 g/mol. The van der Waals surface area contributed by atoms with Gasteiger partial charge in [0.15, 0.2) is 11.5 Å². The fourth-order valence-corrected chi connectivity index (χ4v) is 2.27. The highest BCUT2D eigenvalue weighted by atomic mass is 79.9. The van der Waals surface area contributed by atoms with E-state index in [-0.39, 0.29) is 0 Å². The third-order valence-corrected chi connectivity index (χ3v) is 3.73. The Hall–Kier alpha value is -0.780. The van der Waals surface area contributed by atoms with Crippen LogP contribution in [-0.2, 0) is 11.3 Å². The van der Waals surface area contributed by atoms with Crippen LogP contribution in [0, 0.1) is 0 Å². The van der Waals surface area contributed by atoms with Crippen LogP contribution < -0.4 is 14.8 Å². The molecule has 1 aromatic rings. The molecule has 1 aromatic carbocycles. The van der Waals surface area contributed by atoms with Crippen molar-refractivity contribution in [3.05, 3.63) is 22.2 Å². The Labute approximate surface area is 123 Å². The highest BCUT2D eigenvalue weighted by molar-refractivity contribution is 9.10. The lowest BCUT2D eigenvalue weighted by molar-refractivity contribution is 0.164. The molecule has 0 amide bonds. The molecule has 0 spiro atoms. The molecule has 1 rings (SSSR count). The monoisotopic (exact) mass is 331 g/mol. The maximum atomic E-state index is 5.31. The van der Waals surface area contributed by atoms with Gasteiger partial charge in [-0.2, -0.15) is 0 Å². The number of methoxy groups -OCH3 is 3. The molecule has 4 nitrogen and oxygen atoms in total. The molecule has 0 radical (unpaired) electrons. The number of halogens is 1. The summed E-state index contributed by atoms with van der Waals surface area (Å²) in [5.74, 6) is 1.46. The number of hydrogen-bond acceptors (Lipinski definition) is 4. The SMILES string of the molecule is CCC(COC)NCc1cc(OC)c(OC)cc1Br. The summed E-state index contributed by atoms with van der Waals surface area (Å²) in [6.07, 6.45) is 1.03. The van der Waals surface area contributed by atoms with Crippen molar-refractivity contribution in [1.82, 2.24) is 5.32 Å². The molecule has 1 atom stereocenters. The van der Waals surface area contributed by atoms with E-state index in [2.05, 4.69) is 28.2 Å². The lowest BCUT2D eigenvalue weighted by Crippen LogP contribution is -2.32. The minimum atomic E-state index is 0.352. The van der Waals surface area contributed by atoms with E-state index in [4.69, 9.17) is 14.2 Å². The van der Waals surface area contributed by atoms with Crippen LogP contribution in [-0.4, -0.2) is 34.0 Å². The molecule has 0 aliphatic rings. The first-order chi connectivity index (χ1) is 9.15. The predicted octanol–water partition coefficient (Wildman–Crippen LogP) is 2.98. The lowest BCUT2D eigenvalue weighted by atomic mass is 10.1. The van der Waals surface area contributed by atoms with Gasteiger partial charge >= 0.3 is 0 Å². The predicted molar refractivity (Wildman–Crippen MR) is 80.0 cm³/mol. The van der Waals surface area contributed by atoms with E-state index in [9.17, 15) is 0 Å². The van der Waals surface area contributed by atoms with Crippen LogP contribution in [0.3, 0.4) is 0 Å². The summed E-state index contributed by atoms with van der Waals surface area (Å²) in [6, 6.07) is 4.26. The van der Waals surface area contributed by atoms with Gasteiger partial charge in [0.2, 0.25) is 0 Å². The Morgan fingerprint density at radius 3 is 2.32 bits per heavy atom. The molecule has 19 heavy (non-hydrogen) atoms. The third kappa shape index (κ3) is 4.67. The van der Waals surface area contributed by atoms with E-state index in [1.807, 2.05) is 12.1 Å². The van der Waals surface area contributed by atoms with Crippen LogP contribution in [0.1, 0.15) is 18.9 Å². The van der Waals surface area contributed by atoms with E-state index in [1.54, 1.807) is 21.3 Å². The molecular weight excluding hydrogens is 310 g/mol. The van der Waals surface area contributed by atoms with E-state index in [0.29, 0.717) is 12.6 Å². The van der Waals surface area contributed by atoms with Crippen LogP contribution in [0.4, 0.5) is 0 Å². The quantitative estimate of drug-likeness (QED) is 0.794. The maximum Gasteiger partial charge on any atom is 0.161 e. The molecule has 0 fully saturated rings. The Balaban J connectivity index is 2.77. The summed E-state index contributed by atoms with van der Waals surface area (Å²) < 4.78 is 16.8. The van der Waals surface area contributed by atoms with Crippen molar-refractivity contribution < 1.29 is 14.2 Å². The largest absolute Gasteiger partial charge is 0.493 e. The first-order valence-corrected chi connectivity index (χ1v) is 7.08. The molecule has 0 saturated carbocycles. The first kappa shape index (κ1) is 16.3. The molecule has 0 heterocycles. The molecule has 0 aromatic heterocycles. The van der Waals surface area contributed by atoms with E-state index in [0.717, 1.165) is 34.5 Å². The summed E-state index contributed by atoms with van der Waals surface area (Å²) >= 11 is 3.56. The van der Waals surface area contributed by atoms with Crippen molar-refractivity contribution in [2.24, 2.45) is 0 Å². The Morgan fingerprint density at radius 1 is 1.16 bits per heavy atom. The summed E-state index contributed by atoms with van der Waals surface area (Å²) in [6.45, 7) is 3.60. The maximum absolute atomic E-state index is 5.31. The molecule has 0 saturated heterocycles. The molecule has 0 bridgehead atoms. The number of hydrogen-bond donors (Lipinski definition) is 1. The summed E-state index contributed by atoms with van der Waals surface area (Å²) in [5, 5.41) is 3.46. The summed E-state index contributed by atoms with van der Waals surface area (Å²) in [4.78, 5) is 0. The number of ether oxygens (including phenoxy) is 3. The number of nitrogens with one attached hydrogen (secondary N) is 1. The summed E-state index contributed by atoms with van der Waals surface area (Å²) in [5.41, 5.74) is 1.13. The molecule has 0 aliphatic heterocycles. The van der Waals surface area contributed by atoms with Gasteiger partial charge in [-0.1, -0.05) is 22.9 Å². The van der Waals surface area contributed by atoms with Crippen LogP contribution in [0.5, 0.6) is 11.5 Å². The van der Waals surface area contributed by atoms with Gasteiger partial charge in [-0.05, 0) is 24.1 Å². The molecule has 108 valence electrons. The van der Waals surface area contributed by atoms with Crippen LogP contribution in [0.2, 0.25) is 0 Å². The zero-order valence-corrected chi connectivity index (χ0v) is 13.5. The van der Waals surface area contributed by atoms with Gasteiger partial charge in [0.25, 0.3) is 0 Å². The molecule has 1 N–H and O–H groups in total. The van der Waals surface area contributed by atoms with Crippen molar-refractivity contribution in [1.29, 1.82) is 0 Å². The topological polar surface area (TPSA) is 39.7 Å². The highest BCUT2D eigenvalue weighted by Gasteiger charge is 2.11. The second-order valence-corrected chi connectivity index (χ2v) is 5.09. The summed E-state index contributed by atoms with van der Waals surface area (Å²) in [7, 11) is 4.99. The van der Waals surface area contributed by atoms with Crippen molar-refractivity contribution in [2.75, 3.05) is 27.9 Å². The second kappa shape index (κ2) is 8.40. The third-order valence-electron chi connectivity index (χ3n) is 2.99. The van der Waals surface area contributed by atoms with Gasteiger partial charge in [0.05, 0.1) is 20.8 Å². The molecule has 0 aliphatic carbocycles. The lowest BCUT2D eigenvalue weighted by Gasteiger charge is -2.17. The van der Waals surface area contributed by atoms with Gasteiger partial charge in [0.1, 0.15) is 0 Å². The van der Waals surface area contributed by atoms with Crippen LogP contribution in [0.15, 0.2) is 16.6 Å². The first-order valence-electron chi connectivity index (χ1n) is 6.28. The molecule has 5 heteroatoms. The highest BCUT2D eigenvalue weighted by Crippen LogP contribution is 2.33. The van der Waals surface area contributed by atoms with Gasteiger partial charge in [-0.3, -0.25) is 0 Å². The normalized spacial score (nSPS) is 12.3. The van der Waals surface area contributed by atoms with Gasteiger partial charge in [-0.25, -0.2) is 0 Å². The zero-order chi connectivity index (χ0) is 14.3. The van der Waals surface area contributed by atoms with Crippen LogP contribution in [0.25, 0.3) is 0 Å². The number of benzene rings is 1. The minimum Gasteiger partial charge on any atom is -0.493 e. The van der Waals surface area contributed by atoms with Crippen molar-refractivity contribution >= 4 is 15.9 Å². The Bertz CT molecular complexity index is 399. The van der Waals surface area contributed by atoms with E-state index >= 15 is 0 Å². The molecule has 1 unspecified atom stereocenters. The number of rotatable bonds is 8. The minimum absolute atomic E-state index is 0.352. The van der Waals surface area contributed by atoms with Crippen molar-refractivity contribution in [3.63, 3.8) is 0 Å². The smallest absolute Gasteiger partial charge is 0.161 e. The average Bonchev–Trinajstić information content (AvgIpc) is 2.44. The van der Waals surface area contributed by atoms with Crippen molar-refractivity contribution in [2.45, 2.75) is 25.9 Å². The Kier molecular flexibility index (Phi) is 7.20. The van der Waals surface area contributed by atoms with Crippen LogP contribution >= 0.6 is 15.9 Å². The molecular formula is C14H22BrNO3. The fourth-order valence-electron chi connectivity index (χ4n) is 1.81. The second-order valence-electron chi connectivity index (χ2n) is 4.24. The van der Waals surface area contributed by atoms with E-state index < -0.39 is 0 Å². The van der Waals surface area contributed by atoms with E-state index in [1.165, 1.54) is 0 Å².